The summed E-state index contributed by atoms with van der Waals surface area (Å²) in [7, 11) is 1.68. The van der Waals surface area contributed by atoms with Crippen LogP contribution in [0.15, 0.2) is 59.5 Å². The molecule has 0 saturated carbocycles. The van der Waals surface area contributed by atoms with Gasteiger partial charge in [-0.2, -0.15) is 0 Å². The zero-order chi connectivity index (χ0) is 16.2. The summed E-state index contributed by atoms with van der Waals surface area (Å²) in [6.45, 7) is 3.60. The van der Waals surface area contributed by atoms with Gasteiger partial charge in [0, 0.05) is 23.4 Å². The van der Waals surface area contributed by atoms with E-state index in [-0.39, 0.29) is 5.91 Å². The third kappa shape index (κ3) is 4.12. The number of hydrogen-bond donors (Lipinski definition) is 1. The Morgan fingerprint density at radius 1 is 1.14 bits per heavy atom. The Morgan fingerprint density at radius 3 is 2.32 bits per heavy atom. The van der Waals surface area contributed by atoms with Gasteiger partial charge in [-0.25, -0.2) is 0 Å². The zero-order valence-electron chi connectivity index (χ0n) is 13.1. The lowest BCUT2D eigenvalue weighted by molar-refractivity contribution is -0.132. The van der Waals surface area contributed by atoms with E-state index in [1.165, 1.54) is 22.2 Å². The van der Waals surface area contributed by atoms with Gasteiger partial charge in [-0.1, -0.05) is 35.9 Å². The number of benzene rings is 2. The van der Waals surface area contributed by atoms with Crippen LogP contribution >= 0.6 is 11.8 Å². The van der Waals surface area contributed by atoms with Gasteiger partial charge in [-0.3, -0.25) is 4.79 Å². The van der Waals surface area contributed by atoms with E-state index in [1.54, 1.807) is 14.0 Å². The Kier molecular flexibility index (Phi) is 5.27. The minimum Gasteiger partial charge on any atom is -0.379 e. The number of para-hydroxylation sites is 1. The summed E-state index contributed by atoms with van der Waals surface area (Å²) in [4.78, 5) is 15.0. The van der Waals surface area contributed by atoms with Gasteiger partial charge >= 0.3 is 0 Å². The largest absolute Gasteiger partial charge is 0.379 e. The zero-order valence-corrected chi connectivity index (χ0v) is 13.9. The van der Waals surface area contributed by atoms with Gasteiger partial charge in [0.05, 0.1) is 0 Å². The first-order valence-corrected chi connectivity index (χ1v) is 8.14. The van der Waals surface area contributed by atoms with Crippen LogP contribution in [0.2, 0.25) is 0 Å². The fourth-order valence-corrected chi connectivity index (χ4v) is 2.95. The second-order valence-corrected chi connectivity index (χ2v) is 6.62. The number of amides is 1. The second kappa shape index (κ2) is 6.99. The molecule has 0 spiro atoms. The Labute approximate surface area is 136 Å². The number of carbonyl (C=O) groups is 1. The molecule has 0 aliphatic rings. The number of anilines is 1. The summed E-state index contributed by atoms with van der Waals surface area (Å²) in [5.74, 6) is 0.00446. The number of aliphatic hydroxyl groups is 1. The van der Waals surface area contributed by atoms with Crippen LogP contribution in [0.1, 0.15) is 12.5 Å². The Morgan fingerprint density at radius 2 is 1.73 bits per heavy atom. The maximum absolute atomic E-state index is 12.5. The van der Waals surface area contributed by atoms with Crippen LogP contribution in [0.4, 0.5) is 5.69 Å². The van der Waals surface area contributed by atoms with Gasteiger partial charge in [0.2, 0.25) is 0 Å². The molecule has 0 unspecified atom stereocenters. The average molecular weight is 315 g/mol. The fraction of sp³-hybridized carbons (Fsp3) is 0.278. The van der Waals surface area contributed by atoms with E-state index in [0.29, 0.717) is 5.75 Å². The van der Waals surface area contributed by atoms with Gasteiger partial charge in [0.25, 0.3) is 5.91 Å². The van der Waals surface area contributed by atoms with Crippen molar-refractivity contribution in [3.05, 3.63) is 60.2 Å². The smallest absolute Gasteiger partial charge is 0.259 e. The van der Waals surface area contributed by atoms with E-state index in [9.17, 15) is 9.90 Å². The first-order chi connectivity index (χ1) is 10.4. The van der Waals surface area contributed by atoms with Crippen LogP contribution in [0.25, 0.3) is 0 Å². The molecule has 1 N–H and O–H groups in total. The molecular formula is C18H21NO2S. The highest BCUT2D eigenvalue weighted by Gasteiger charge is 2.33. The monoisotopic (exact) mass is 315 g/mol. The van der Waals surface area contributed by atoms with Crippen LogP contribution in [0, 0.1) is 6.92 Å². The molecule has 2 aromatic carbocycles. The molecule has 0 aromatic heterocycles. The van der Waals surface area contributed by atoms with E-state index in [1.807, 2.05) is 61.5 Å². The molecule has 22 heavy (non-hydrogen) atoms. The predicted molar refractivity (Wildman–Crippen MR) is 92.4 cm³/mol. The number of hydrogen-bond acceptors (Lipinski definition) is 3. The van der Waals surface area contributed by atoms with Crippen molar-refractivity contribution in [1.29, 1.82) is 0 Å². The predicted octanol–water partition coefficient (Wildman–Crippen LogP) is 3.50. The molecule has 0 bridgehead atoms. The number of thioether (sulfide) groups is 1. The molecule has 2 rings (SSSR count). The molecule has 116 valence electrons. The maximum atomic E-state index is 12.5. The summed E-state index contributed by atoms with van der Waals surface area (Å²) >= 11 is 1.48. The van der Waals surface area contributed by atoms with E-state index in [0.717, 1.165) is 10.6 Å². The molecule has 0 fully saturated rings. The Bertz CT molecular complexity index is 623. The standard InChI is InChI=1S/C18H21NO2S/c1-14-9-11-16(12-10-14)22-13-18(2,21)17(20)19(3)15-7-5-4-6-8-15/h4-12,21H,13H2,1-3H3/t18-/m1/s1. The van der Waals surface area contributed by atoms with Crippen molar-refractivity contribution >= 4 is 23.4 Å². The third-order valence-corrected chi connectivity index (χ3v) is 4.76. The number of nitrogens with zero attached hydrogens (tertiary/aromatic N) is 1. The van der Waals surface area contributed by atoms with E-state index in [4.69, 9.17) is 0 Å². The Balaban J connectivity index is 2.02. The lowest BCUT2D eigenvalue weighted by Gasteiger charge is -2.28. The summed E-state index contributed by atoms with van der Waals surface area (Å²) in [5, 5.41) is 10.5. The van der Waals surface area contributed by atoms with Gasteiger partial charge in [-0.15, -0.1) is 11.8 Å². The average Bonchev–Trinajstić information content (AvgIpc) is 2.54. The highest BCUT2D eigenvalue weighted by atomic mass is 32.2. The van der Waals surface area contributed by atoms with Gasteiger partial charge in [0.1, 0.15) is 5.60 Å². The summed E-state index contributed by atoms with van der Waals surface area (Å²) < 4.78 is 0. The molecule has 0 aliphatic heterocycles. The van der Waals surface area contributed by atoms with Crippen LogP contribution in [-0.4, -0.2) is 29.4 Å². The van der Waals surface area contributed by atoms with Gasteiger partial charge in [-0.05, 0) is 38.1 Å². The third-order valence-electron chi connectivity index (χ3n) is 3.45. The number of aryl methyl sites for hydroxylation is 1. The van der Waals surface area contributed by atoms with Crippen LogP contribution < -0.4 is 4.90 Å². The Hall–Kier alpha value is -1.78. The number of likely N-dealkylation sites (N-methyl/N-ethyl adjacent to an activating group) is 1. The number of rotatable bonds is 5. The van der Waals surface area contributed by atoms with Crippen molar-refractivity contribution in [1.82, 2.24) is 0 Å². The molecule has 0 saturated heterocycles. The van der Waals surface area contributed by atoms with Crippen molar-refractivity contribution < 1.29 is 9.90 Å². The van der Waals surface area contributed by atoms with Crippen LogP contribution in [0.3, 0.4) is 0 Å². The van der Waals surface area contributed by atoms with Gasteiger partial charge < -0.3 is 10.0 Å². The maximum Gasteiger partial charge on any atom is 0.259 e. The summed E-state index contributed by atoms with van der Waals surface area (Å²) in [6, 6.07) is 17.4. The quantitative estimate of drug-likeness (QED) is 0.859. The lowest BCUT2D eigenvalue weighted by atomic mass is 10.1. The van der Waals surface area contributed by atoms with E-state index < -0.39 is 5.60 Å². The lowest BCUT2D eigenvalue weighted by Crippen LogP contribution is -2.47. The number of carbonyl (C=O) groups excluding carboxylic acids is 1. The first kappa shape index (κ1) is 16.6. The highest BCUT2D eigenvalue weighted by molar-refractivity contribution is 7.99. The molecule has 1 atom stereocenters. The fourth-order valence-electron chi connectivity index (χ4n) is 2.05. The van der Waals surface area contributed by atoms with Crippen molar-refractivity contribution in [3.8, 4) is 0 Å². The molecule has 2 aromatic rings. The molecule has 0 aliphatic carbocycles. The minimum absolute atomic E-state index is 0.307. The summed E-state index contributed by atoms with van der Waals surface area (Å²) in [5.41, 5.74) is 0.546. The van der Waals surface area contributed by atoms with Gasteiger partial charge in [0.15, 0.2) is 0 Å². The van der Waals surface area contributed by atoms with Crippen molar-refractivity contribution in [2.45, 2.75) is 24.3 Å². The minimum atomic E-state index is -1.42. The molecule has 4 heteroatoms. The van der Waals surface area contributed by atoms with E-state index >= 15 is 0 Å². The van der Waals surface area contributed by atoms with Crippen LogP contribution in [0.5, 0.6) is 0 Å². The van der Waals surface area contributed by atoms with Crippen molar-refractivity contribution in [3.63, 3.8) is 0 Å². The van der Waals surface area contributed by atoms with Crippen molar-refractivity contribution in [2.75, 3.05) is 17.7 Å². The first-order valence-electron chi connectivity index (χ1n) is 7.15. The molecular weight excluding hydrogens is 294 g/mol. The SMILES string of the molecule is Cc1ccc(SC[C@@](C)(O)C(=O)N(C)c2ccccc2)cc1. The normalized spacial score (nSPS) is 13.5. The summed E-state index contributed by atoms with van der Waals surface area (Å²) in [6.07, 6.45) is 0. The second-order valence-electron chi connectivity index (χ2n) is 5.58. The topological polar surface area (TPSA) is 40.5 Å². The van der Waals surface area contributed by atoms with E-state index in [2.05, 4.69) is 0 Å². The molecule has 1 amide bonds. The van der Waals surface area contributed by atoms with Crippen LogP contribution in [-0.2, 0) is 4.79 Å². The molecule has 0 heterocycles. The molecule has 3 nitrogen and oxygen atoms in total. The van der Waals surface area contributed by atoms with Crippen molar-refractivity contribution in [2.24, 2.45) is 0 Å². The molecule has 0 radical (unpaired) electrons. The highest BCUT2D eigenvalue weighted by Crippen LogP contribution is 2.25.